The average Bonchev–Trinajstić information content (AvgIpc) is 3.11. The van der Waals surface area contributed by atoms with Gasteiger partial charge >= 0.3 is 0 Å². The molecule has 2 aliphatic heterocycles. The van der Waals surface area contributed by atoms with Crippen molar-refractivity contribution < 1.29 is 9.90 Å². The second-order valence-electron chi connectivity index (χ2n) is 5.98. The Bertz CT molecular complexity index is 780. The quantitative estimate of drug-likeness (QED) is 0.919. The predicted octanol–water partition coefficient (Wildman–Crippen LogP) is 2.47. The molecule has 1 amide bonds. The fourth-order valence-electron chi connectivity index (χ4n) is 3.21. The van der Waals surface area contributed by atoms with Crippen molar-refractivity contribution in [1.82, 2.24) is 4.98 Å². The van der Waals surface area contributed by atoms with E-state index in [-0.39, 0.29) is 12.0 Å². The molecule has 118 valence electrons. The SMILES string of the molecule is O=C1c2ccc(Cl)cc2CN1c1cncc(N2CCC(O)C2)c1. The standard InChI is InChI=1S/C17H16ClN3O2/c18-12-1-2-16-11(5-12)9-21(17(16)23)14-6-13(7-19-8-14)20-4-3-15(22)10-20/h1-2,5-8,15,22H,3-4,9-10H2. The number of aliphatic hydroxyl groups excluding tert-OH is 1. The van der Waals surface area contributed by atoms with Crippen LogP contribution in [0.25, 0.3) is 0 Å². The second-order valence-corrected chi connectivity index (χ2v) is 6.42. The topological polar surface area (TPSA) is 56.7 Å². The Morgan fingerprint density at radius 2 is 2.04 bits per heavy atom. The van der Waals surface area contributed by atoms with Gasteiger partial charge in [0, 0.05) is 23.7 Å². The van der Waals surface area contributed by atoms with E-state index < -0.39 is 0 Å². The van der Waals surface area contributed by atoms with Crippen LogP contribution in [0.3, 0.4) is 0 Å². The van der Waals surface area contributed by atoms with Crippen LogP contribution in [-0.4, -0.2) is 35.2 Å². The Labute approximate surface area is 139 Å². The van der Waals surface area contributed by atoms with Crippen LogP contribution in [0.5, 0.6) is 0 Å². The molecule has 1 fully saturated rings. The lowest BCUT2D eigenvalue weighted by molar-refractivity contribution is 0.0996. The molecule has 23 heavy (non-hydrogen) atoms. The summed E-state index contributed by atoms with van der Waals surface area (Å²) in [4.78, 5) is 20.7. The fraction of sp³-hybridized carbons (Fsp3) is 0.294. The first-order chi connectivity index (χ1) is 11.1. The van der Waals surface area contributed by atoms with Gasteiger partial charge in [-0.3, -0.25) is 9.78 Å². The zero-order chi connectivity index (χ0) is 16.0. The number of hydrogen-bond donors (Lipinski definition) is 1. The Balaban J connectivity index is 1.63. The van der Waals surface area contributed by atoms with E-state index in [0.29, 0.717) is 23.7 Å². The van der Waals surface area contributed by atoms with Gasteiger partial charge in [0.05, 0.1) is 36.4 Å². The van der Waals surface area contributed by atoms with Gasteiger partial charge < -0.3 is 14.9 Å². The lowest BCUT2D eigenvalue weighted by Crippen LogP contribution is -2.25. The Morgan fingerprint density at radius 3 is 2.83 bits per heavy atom. The molecule has 0 aliphatic carbocycles. The van der Waals surface area contributed by atoms with Gasteiger partial charge in [0.2, 0.25) is 0 Å². The molecule has 2 aliphatic rings. The van der Waals surface area contributed by atoms with Crippen LogP contribution < -0.4 is 9.80 Å². The van der Waals surface area contributed by atoms with Gasteiger partial charge in [0.1, 0.15) is 0 Å². The highest BCUT2D eigenvalue weighted by Crippen LogP contribution is 2.32. The maximum Gasteiger partial charge on any atom is 0.258 e. The number of aromatic nitrogens is 1. The van der Waals surface area contributed by atoms with Crippen molar-refractivity contribution in [3.8, 4) is 0 Å². The number of hydrogen-bond acceptors (Lipinski definition) is 4. The molecule has 0 bridgehead atoms. The average molecular weight is 330 g/mol. The van der Waals surface area contributed by atoms with Crippen LogP contribution in [0.1, 0.15) is 22.3 Å². The molecule has 0 saturated carbocycles. The number of rotatable bonds is 2. The summed E-state index contributed by atoms with van der Waals surface area (Å²) >= 11 is 6.02. The van der Waals surface area contributed by atoms with E-state index in [0.717, 1.165) is 29.9 Å². The van der Waals surface area contributed by atoms with Gasteiger partial charge in [-0.25, -0.2) is 0 Å². The minimum absolute atomic E-state index is 0.0305. The summed E-state index contributed by atoms with van der Waals surface area (Å²) in [5, 5.41) is 10.3. The smallest absolute Gasteiger partial charge is 0.258 e. The Kier molecular flexibility index (Phi) is 3.47. The minimum atomic E-state index is -0.293. The zero-order valence-electron chi connectivity index (χ0n) is 12.4. The van der Waals surface area contributed by atoms with Gasteiger partial charge in [-0.05, 0) is 36.2 Å². The minimum Gasteiger partial charge on any atom is -0.391 e. The third kappa shape index (κ3) is 2.56. The van der Waals surface area contributed by atoms with Gasteiger partial charge in [-0.15, -0.1) is 0 Å². The summed E-state index contributed by atoms with van der Waals surface area (Å²) in [6, 6.07) is 7.30. The normalized spacial score (nSPS) is 20.3. The summed E-state index contributed by atoms with van der Waals surface area (Å²) < 4.78 is 0. The van der Waals surface area contributed by atoms with Crippen molar-refractivity contribution >= 4 is 28.9 Å². The number of aliphatic hydroxyl groups is 1. The number of β-amino-alcohol motifs (C(OH)–C–C–N with tert-alkyl or cyclic N) is 1. The molecule has 1 aromatic carbocycles. The van der Waals surface area contributed by atoms with E-state index in [1.54, 1.807) is 29.4 Å². The molecule has 0 spiro atoms. The largest absolute Gasteiger partial charge is 0.391 e. The van der Waals surface area contributed by atoms with Crippen LogP contribution in [0.15, 0.2) is 36.7 Å². The van der Waals surface area contributed by atoms with E-state index >= 15 is 0 Å². The molecule has 1 saturated heterocycles. The summed E-state index contributed by atoms with van der Waals surface area (Å²) in [6.07, 6.45) is 3.93. The number of carbonyl (C=O) groups excluding carboxylic acids is 1. The van der Waals surface area contributed by atoms with E-state index in [1.807, 2.05) is 12.1 Å². The Hall–Kier alpha value is -2.11. The van der Waals surface area contributed by atoms with Crippen LogP contribution in [0.2, 0.25) is 5.02 Å². The van der Waals surface area contributed by atoms with E-state index in [1.165, 1.54) is 0 Å². The third-order valence-electron chi connectivity index (χ3n) is 4.42. The number of fused-ring (bicyclic) bond motifs is 1. The Morgan fingerprint density at radius 1 is 1.22 bits per heavy atom. The van der Waals surface area contributed by atoms with Crippen molar-refractivity contribution in [3.05, 3.63) is 52.8 Å². The molecular formula is C17H16ClN3O2. The van der Waals surface area contributed by atoms with E-state index in [9.17, 15) is 9.90 Å². The van der Waals surface area contributed by atoms with Crippen molar-refractivity contribution in [1.29, 1.82) is 0 Å². The highest BCUT2D eigenvalue weighted by molar-refractivity contribution is 6.31. The lowest BCUT2D eigenvalue weighted by atomic mass is 10.1. The van der Waals surface area contributed by atoms with Crippen molar-refractivity contribution in [2.24, 2.45) is 0 Å². The number of carbonyl (C=O) groups is 1. The molecule has 0 radical (unpaired) electrons. The molecule has 2 aromatic rings. The van der Waals surface area contributed by atoms with Crippen LogP contribution in [0, 0.1) is 0 Å². The maximum absolute atomic E-state index is 12.6. The summed E-state index contributed by atoms with van der Waals surface area (Å²) in [6.45, 7) is 1.91. The molecular weight excluding hydrogens is 314 g/mol. The highest BCUT2D eigenvalue weighted by atomic mass is 35.5. The van der Waals surface area contributed by atoms with Crippen molar-refractivity contribution in [3.63, 3.8) is 0 Å². The van der Waals surface area contributed by atoms with E-state index in [2.05, 4.69) is 9.88 Å². The number of halogens is 1. The monoisotopic (exact) mass is 329 g/mol. The molecule has 1 atom stereocenters. The molecule has 3 heterocycles. The van der Waals surface area contributed by atoms with Gasteiger partial charge in [0.25, 0.3) is 5.91 Å². The zero-order valence-corrected chi connectivity index (χ0v) is 13.2. The molecule has 1 N–H and O–H groups in total. The first-order valence-electron chi connectivity index (χ1n) is 7.60. The number of pyridine rings is 1. The van der Waals surface area contributed by atoms with Crippen LogP contribution in [0.4, 0.5) is 11.4 Å². The predicted molar refractivity (Wildman–Crippen MR) is 89.0 cm³/mol. The lowest BCUT2D eigenvalue weighted by Gasteiger charge is -2.21. The maximum atomic E-state index is 12.6. The fourth-order valence-corrected chi connectivity index (χ4v) is 3.41. The number of amides is 1. The summed E-state index contributed by atoms with van der Waals surface area (Å²) in [5.74, 6) is -0.0305. The van der Waals surface area contributed by atoms with Crippen molar-refractivity contribution in [2.45, 2.75) is 19.1 Å². The van der Waals surface area contributed by atoms with Crippen molar-refractivity contribution in [2.75, 3.05) is 22.9 Å². The van der Waals surface area contributed by atoms with Gasteiger partial charge in [-0.1, -0.05) is 11.6 Å². The van der Waals surface area contributed by atoms with E-state index in [4.69, 9.17) is 11.6 Å². The molecule has 6 heteroatoms. The summed E-state index contributed by atoms with van der Waals surface area (Å²) in [7, 11) is 0. The highest BCUT2D eigenvalue weighted by Gasteiger charge is 2.29. The number of nitrogens with zero attached hydrogens (tertiary/aromatic N) is 3. The first kappa shape index (κ1) is 14.5. The molecule has 5 nitrogen and oxygen atoms in total. The summed E-state index contributed by atoms with van der Waals surface area (Å²) in [5.41, 5.74) is 3.32. The third-order valence-corrected chi connectivity index (χ3v) is 4.66. The number of anilines is 2. The number of benzene rings is 1. The van der Waals surface area contributed by atoms with Crippen LogP contribution >= 0.6 is 11.6 Å². The van der Waals surface area contributed by atoms with Crippen LogP contribution in [-0.2, 0) is 6.54 Å². The molecule has 1 aromatic heterocycles. The first-order valence-corrected chi connectivity index (χ1v) is 7.98. The van der Waals surface area contributed by atoms with Gasteiger partial charge in [-0.2, -0.15) is 0 Å². The molecule has 4 rings (SSSR count). The molecule has 1 unspecified atom stereocenters. The second kappa shape index (κ2) is 5.51. The van der Waals surface area contributed by atoms with Gasteiger partial charge in [0.15, 0.2) is 0 Å².